The van der Waals surface area contributed by atoms with Crippen LogP contribution in [0.4, 0.5) is 0 Å². The first kappa shape index (κ1) is 30.6. The molecule has 0 aliphatic carbocycles. The fourth-order valence-corrected chi connectivity index (χ4v) is 4.21. The number of benzene rings is 2. The fraction of sp³-hybridized carbons (Fsp3) is 0.343. The SMILES string of the molecule is C=C/C(C)=C\C(/C=C\C)=C(C)C.C=CN1CCCCC1.COc1ccc(C[N+]2=c3ccc(C)cc3=C2)cc1. The van der Waals surface area contributed by atoms with Crippen LogP contribution in [-0.4, -0.2) is 25.1 Å². The minimum absolute atomic E-state index is 0.905. The van der Waals surface area contributed by atoms with Crippen molar-refractivity contribution in [3.8, 4) is 5.75 Å². The van der Waals surface area contributed by atoms with Crippen LogP contribution >= 0.6 is 0 Å². The van der Waals surface area contributed by atoms with Crippen molar-refractivity contribution in [3.05, 3.63) is 125 Å². The third-order valence-electron chi connectivity index (χ3n) is 6.58. The van der Waals surface area contributed by atoms with Crippen LogP contribution in [0.25, 0.3) is 6.20 Å². The van der Waals surface area contributed by atoms with Crippen molar-refractivity contribution in [1.82, 2.24) is 9.48 Å². The molecule has 0 bridgehead atoms. The fourth-order valence-electron chi connectivity index (χ4n) is 4.21. The number of rotatable bonds is 7. The number of methoxy groups -OCH3 is 1. The first-order valence-electron chi connectivity index (χ1n) is 13.6. The summed E-state index contributed by atoms with van der Waals surface area (Å²) in [7, 11) is 1.69. The van der Waals surface area contributed by atoms with Gasteiger partial charge in [-0.3, -0.25) is 0 Å². The Hall–Kier alpha value is -3.59. The van der Waals surface area contributed by atoms with Crippen LogP contribution in [0.3, 0.4) is 0 Å². The molecule has 0 amide bonds. The molecular formula is C35H47N2O+. The lowest BCUT2D eigenvalue weighted by Gasteiger charge is -2.23. The number of likely N-dealkylation sites (tertiary alicyclic amines) is 1. The van der Waals surface area contributed by atoms with Crippen LogP contribution in [0.1, 0.15) is 58.1 Å². The van der Waals surface area contributed by atoms with Gasteiger partial charge in [-0.25, -0.2) is 0 Å². The minimum Gasteiger partial charge on any atom is -0.497 e. The molecule has 1 fully saturated rings. The zero-order chi connectivity index (χ0) is 27.9. The second-order valence-electron chi connectivity index (χ2n) is 9.99. The van der Waals surface area contributed by atoms with Gasteiger partial charge in [0.25, 0.3) is 0 Å². The normalized spacial score (nSPS) is 14.0. The van der Waals surface area contributed by atoms with E-state index >= 15 is 0 Å². The maximum Gasteiger partial charge on any atom is 0.218 e. The zero-order valence-corrected chi connectivity index (χ0v) is 24.5. The number of aryl methyl sites for hydroxylation is 1. The lowest BCUT2D eigenvalue weighted by atomic mass is 10.1. The molecule has 3 nitrogen and oxygen atoms in total. The average Bonchev–Trinajstić information content (AvgIpc) is 2.93. The first-order chi connectivity index (χ1) is 18.3. The van der Waals surface area contributed by atoms with Crippen molar-refractivity contribution < 1.29 is 4.74 Å². The summed E-state index contributed by atoms with van der Waals surface area (Å²) in [6.45, 7) is 21.2. The molecule has 2 aromatic carbocycles. The van der Waals surface area contributed by atoms with Crippen molar-refractivity contribution in [1.29, 1.82) is 0 Å². The molecule has 0 aromatic heterocycles. The van der Waals surface area contributed by atoms with Crippen LogP contribution < -0.4 is 19.9 Å². The molecule has 0 spiro atoms. The molecule has 3 heteroatoms. The average molecular weight is 512 g/mol. The number of hydrogen-bond acceptors (Lipinski definition) is 2. The number of nitrogens with zero attached hydrogens (tertiary/aromatic N) is 2. The second-order valence-corrected chi connectivity index (χ2v) is 9.99. The molecule has 0 radical (unpaired) electrons. The first-order valence-corrected chi connectivity index (χ1v) is 13.6. The molecular weight excluding hydrogens is 464 g/mol. The zero-order valence-electron chi connectivity index (χ0n) is 24.5. The molecule has 202 valence electrons. The summed E-state index contributed by atoms with van der Waals surface area (Å²) in [5, 5.41) is 2.65. The molecule has 0 saturated carbocycles. The Morgan fingerprint density at radius 1 is 1.00 bits per heavy atom. The van der Waals surface area contributed by atoms with Gasteiger partial charge in [0.1, 0.15) is 11.0 Å². The molecule has 2 aliphatic heterocycles. The summed E-state index contributed by atoms with van der Waals surface area (Å²) < 4.78 is 7.44. The quantitative estimate of drug-likeness (QED) is 0.291. The highest BCUT2D eigenvalue weighted by molar-refractivity contribution is 5.38. The maximum atomic E-state index is 5.16. The van der Waals surface area contributed by atoms with Gasteiger partial charge in [-0.1, -0.05) is 54.7 Å². The molecule has 2 aromatic rings. The molecule has 1 saturated heterocycles. The topological polar surface area (TPSA) is 15.5 Å². The molecule has 2 aliphatic rings. The summed E-state index contributed by atoms with van der Waals surface area (Å²) in [6.07, 6.45) is 16.4. The van der Waals surface area contributed by atoms with Crippen molar-refractivity contribution in [3.63, 3.8) is 0 Å². The Bertz CT molecular complexity index is 1270. The largest absolute Gasteiger partial charge is 0.497 e. The Kier molecular flexibility index (Phi) is 13.1. The molecule has 38 heavy (non-hydrogen) atoms. The molecule has 0 atom stereocenters. The van der Waals surface area contributed by atoms with Gasteiger partial charge in [-0.15, -0.1) is 0 Å². The van der Waals surface area contributed by atoms with Gasteiger partial charge in [0.05, 0.1) is 7.11 Å². The molecule has 0 N–H and O–H groups in total. The molecule has 4 rings (SSSR count). The highest BCUT2D eigenvalue weighted by Crippen LogP contribution is 2.12. The summed E-state index contributed by atoms with van der Waals surface area (Å²) in [6, 6.07) is 14.8. The van der Waals surface area contributed by atoms with E-state index in [1.165, 1.54) is 70.8 Å². The van der Waals surface area contributed by atoms with Crippen LogP contribution in [-0.2, 0) is 6.54 Å². The Labute approximate surface area is 231 Å². The lowest BCUT2D eigenvalue weighted by Crippen LogP contribution is -2.46. The summed E-state index contributed by atoms with van der Waals surface area (Å²) in [5.41, 5.74) is 6.40. The van der Waals surface area contributed by atoms with Gasteiger partial charge >= 0.3 is 0 Å². The van der Waals surface area contributed by atoms with Gasteiger partial charge in [0.15, 0.2) is 12.7 Å². The number of ether oxygens (including phenoxy) is 1. The van der Waals surface area contributed by atoms with E-state index in [0.29, 0.717) is 0 Å². The lowest BCUT2D eigenvalue weighted by molar-refractivity contribution is 0.310. The highest BCUT2D eigenvalue weighted by atomic mass is 16.5. The molecule has 2 heterocycles. The highest BCUT2D eigenvalue weighted by Gasteiger charge is 2.14. The van der Waals surface area contributed by atoms with Gasteiger partial charge < -0.3 is 9.64 Å². The van der Waals surface area contributed by atoms with E-state index < -0.39 is 0 Å². The predicted octanol–water partition coefficient (Wildman–Crippen LogP) is 7.09. The number of piperidine rings is 1. The van der Waals surface area contributed by atoms with E-state index in [1.807, 2.05) is 31.3 Å². The van der Waals surface area contributed by atoms with Crippen molar-refractivity contribution in [2.75, 3.05) is 20.2 Å². The standard InChI is InChI=1S/C16H16NO.C12H18.C7H13N/c1-12-3-8-16-14(9-12)11-17(16)10-13-4-6-15(18-2)7-5-13;1-6-8-12(10(3)4)9-11(5)7-2;1-2-8-6-4-3-5-7-8/h3-9,11H,10H2,1-2H3;6-9H,2H2,1,3-5H3;2H,1,3-7H2/q+1;;/b;8-6-,11-9-;. The number of fused-ring (bicyclic) bond motifs is 1. The van der Waals surface area contributed by atoms with E-state index in [1.54, 1.807) is 7.11 Å². The summed E-state index contributed by atoms with van der Waals surface area (Å²) in [5.74, 6) is 0.905. The van der Waals surface area contributed by atoms with Crippen molar-refractivity contribution in [2.45, 2.75) is 60.4 Å². The van der Waals surface area contributed by atoms with E-state index in [4.69, 9.17) is 4.74 Å². The Balaban J connectivity index is 0.000000220. The predicted molar refractivity (Wildman–Crippen MR) is 166 cm³/mol. The van der Waals surface area contributed by atoms with E-state index in [9.17, 15) is 0 Å². The minimum atomic E-state index is 0.905. The van der Waals surface area contributed by atoms with Gasteiger partial charge in [-0.05, 0) is 102 Å². The van der Waals surface area contributed by atoms with Crippen molar-refractivity contribution in [2.24, 2.45) is 0 Å². The van der Waals surface area contributed by atoms with Crippen LogP contribution in [0.15, 0.2) is 103 Å². The maximum absolute atomic E-state index is 5.16. The van der Waals surface area contributed by atoms with Gasteiger partial charge in [0.2, 0.25) is 5.36 Å². The monoisotopic (exact) mass is 511 g/mol. The second kappa shape index (κ2) is 16.3. The van der Waals surface area contributed by atoms with E-state index in [-0.39, 0.29) is 0 Å². The Morgan fingerprint density at radius 3 is 2.18 bits per heavy atom. The van der Waals surface area contributed by atoms with Gasteiger partial charge in [-0.2, -0.15) is 4.58 Å². The Morgan fingerprint density at radius 2 is 1.68 bits per heavy atom. The third-order valence-corrected chi connectivity index (χ3v) is 6.58. The molecule has 0 unspecified atom stereocenters. The number of allylic oxidation sites excluding steroid dienone is 7. The third kappa shape index (κ3) is 10.0. The summed E-state index contributed by atoms with van der Waals surface area (Å²) in [4.78, 5) is 2.28. The number of hydrogen-bond donors (Lipinski definition) is 0. The van der Waals surface area contributed by atoms with E-state index in [0.717, 1.165) is 12.3 Å². The van der Waals surface area contributed by atoms with Crippen LogP contribution in [0, 0.1) is 6.92 Å². The van der Waals surface area contributed by atoms with Crippen LogP contribution in [0.2, 0.25) is 0 Å². The summed E-state index contributed by atoms with van der Waals surface area (Å²) >= 11 is 0. The van der Waals surface area contributed by atoms with Crippen LogP contribution in [0.5, 0.6) is 5.75 Å². The van der Waals surface area contributed by atoms with Gasteiger partial charge in [0, 0.05) is 24.7 Å². The van der Waals surface area contributed by atoms with Crippen molar-refractivity contribution >= 4 is 6.20 Å². The smallest absolute Gasteiger partial charge is 0.218 e. The van der Waals surface area contributed by atoms with E-state index in [2.05, 4.69) is 105 Å².